The summed E-state index contributed by atoms with van der Waals surface area (Å²) in [6.07, 6.45) is 5.74. The maximum atomic E-state index is 12.6. The minimum absolute atomic E-state index is 0.108. The van der Waals surface area contributed by atoms with Gasteiger partial charge in [-0.15, -0.1) is 0 Å². The highest BCUT2D eigenvalue weighted by Gasteiger charge is 2.38. The van der Waals surface area contributed by atoms with Crippen LogP contribution in [0.3, 0.4) is 0 Å². The highest BCUT2D eigenvalue weighted by atomic mass is 16.5. The van der Waals surface area contributed by atoms with E-state index >= 15 is 0 Å². The number of benzene rings is 1. The van der Waals surface area contributed by atoms with E-state index in [1.165, 1.54) is 0 Å². The van der Waals surface area contributed by atoms with Crippen molar-refractivity contribution in [3.05, 3.63) is 29.8 Å². The van der Waals surface area contributed by atoms with Crippen molar-refractivity contribution in [2.45, 2.75) is 51.2 Å². The third kappa shape index (κ3) is 3.71. The third-order valence-corrected chi connectivity index (χ3v) is 5.03. The molecule has 0 N–H and O–H groups in total. The average Bonchev–Trinajstić information content (AvgIpc) is 3.30. The molecule has 1 saturated carbocycles. The molecule has 1 amide bonds. The van der Waals surface area contributed by atoms with Gasteiger partial charge in [0.25, 0.3) is 0 Å². The van der Waals surface area contributed by atoms with Gasteiger partial charge in [0.15, 0.2) is 0 Å². The van der Waals surface area contributed by atoms with Crippen LogP contribution in [0.1, 0.15) is 44.1 Å². The van der Waals surface area contributed by atoms with Gasteiger partial charge in [-0.25, -0.2) is 4.79 Å². The highest BCUT2D eigenvalue weighted by molar-refractivity contribution is 5.86. The summed E-state index contributed by atoms with van der Waals surface area (Å²) in [5.74, 6) is 0.703. The van der Waals surface area contributed by atoms with Crippen LogP contribution >= 0.6 is 0 Å². The van der Waals surface area contributed by atoms with Gasteiger partial charge in [0.2, 0.25) is 5.91 Å². The molecule has 5 nitrogen and oxygen atoms in total. The van der Waals surface area contributed by atoms with Gasteiger partial charge in [-0.3, -0.25) is 4.79 Å². The van der Waals surface area contributed by atoms with Crippen LogP contribution in [-0.4, -0.2) is 36.5 Å². The molecule has 0 aromatic heterocycles. The molecule has 24 heavy (non-hydrogen) atoms. The molecule has 0 spiro atoms. The van der Waals surface area contributed by atoms with Gasteiger partial charge in [-0.1, -0.05) is 25.0 Å². The molecule has 0 bridgehead atoms. The lowest BCUT2D eigenvalue weighted by Gasteiger charge is -2.26. The molecule has 1 heterocycles. The maximum Gasteiger partial charge on any atom is 0.329 e. The van der Waals surface area contributed by atoms with E-state index in [9.17, 15) is 9.59 Å². The number of nitrogens with zero attached hydrogens (tertiary/aromatic N) is 1. The first-order valence-electron chi connectivity index (χ1n) is 8.79. The number of carbonyl (C=O) groups is 2. The Morgan fingerprint density at radius 2 is 1.96 bits per heavy atom. The molecule has 2 fully saturated rings. The van der Waals surface area contributed by atoms with Crippen molar-refractivity contribution in [1.82, 2.24) is 4.90 Å². The van der Waals surface area contributed by atoms with E-state index in [1.807, 2.05) is 24.3 Å². The zero-order chi connectivity index (χ0) is 16.9. The van der Waals surface area contributed by atoms with Crippen LogP contribution in [0.4, 0.5) is 0 Å². The van der Waals surface area contributed by atoms with Crippen LogP contribution < -0.4 is 4.74 Å². The lowest BCUT2D eigenvalue weighted by molar-refractivity contribution is -0.155. The molecule has 2 aliphatic rings. The Balaban J connectivity index is 1.57. The summed E-state index contributed by atoms with van der Waals surface area (Å²) in [6, 6.07) is 7.05. The van der Waals surface area contributed by atoms with Crippen LogP contribution in [0, 0.1) is 5.92 Å². The second-order valence-electron chi connectivity index (χ2n) is 6.63. The molecule has 5 heteroatoms. The Hall–Kier alpha value is -2.04. The molecule has 1 aliphatic carbocycles. The molecule has 130 valence electrons. The summed E-state index contributed by atoms with van der Waals surface area (Å²) >= 11 is 0. The minimum atomic E-state index is -0.413. The highest BCUT2D eigenvalue weighted by Crippen LogP contribution is 2.30. The van der Waals surface area contributed by atoms with Gasteiger partial charge in [0.1, 0.15) is 18.4 Å². The largest absolute Gasteiger partial charge is 0.497 e. The van der Waals surface area contributed by atoms with Gasteiger partial charge in [0.05, 0.1) is 7.11 Å². The predicted molar refractivity (Wildman–Crippen MR) is 89.5 cm³/mol. The van der Waals surface area contributed by atoms with E-state index in [0.717, 1.165) is 43.4 Å². The second-order valence-corrected chi connectivity index (χ2v) is 6.63. The average molecular weight is 331 g/mol. The number of ether oxygens (including phenoxy) is 2. The van der Waals surface area contributed by atoms with Crippen molar-refractivity contribution in [3.8, 4) is 5.75 Å². The number of likely N-dealkylation sites (tertiary alicyclic amines) is 1. The lowest BCUT2D eigenvalue weighted by atomic mass is 10.1. The first kappa shape index (κ1) is 16.8. The molecule has 0 radical (unpaired) electrons. The molecule has 1 atom stereocenters. The minimum Gasteiger partial charge on any atom is -0.497 e. The van der Waals surface area contributed by atoms with E-state index in [2.05, 4.69) is 0 Å². The fourth-order valence-corrected chi connectivity index (χ4v) is 3.70. The number of carbonyl (C=O) groups excluding carboxylic acids is 2. The number of esters is 1. The van der Waals surface area contributed by atoms with E-state index in [4.69, 9.17) is 9.47 Å². The summed E-state index contributed by atoms with van der Waals surface area (Å²) in [5, 5.41) is 0. The lowest BCUT2D eigenvalue weighted by Crippen LogP contribution is -2.43. The monoisotopic (exact) mass is 331 g/mol. The van der Waals surface area contributed by atoms with Gasteiger partial charge < -0.3 is 14.4 Å². The van der Waals surface area contributed by atoms with Crippen LogP contribution in [0.15, 0.2) is 24.3 Å². The second kappa shape index (κ2) is 7.69. The number of hydrogen-bond acceptors (Lipinski definition) is 4. The van der Waals surface area contributed by atoms with Crippen molar-refractivity contribution >= 4 is 11.9 Å². The van der Waals surface area contributed by atoms with E-state index in [1.54, 1.807) is 12.0 Å². The summed E-state index contributed by atoms with van der Waals surface area (Å²) in [6.45, 7) is 0.881. The number of methoxy groups -OCH3 is 1. The smallest absolute Gasteiger partial charge is 0.329 e. The normalized spacial score (nSPS) is 21.0. The Morgan fingerprint density at radius 3 is 2.71 bits per heavy atom. The SMILES string of the molecule is COc1cccc(COC(=O)C2CCCN2C(=O)C2CCCC2)c1. The summed E-state index contributed by atoms with van der Waals surface area (Å²) in [4.78, 5) is 26.8. The summed E-state index contributed by atoms with van der Waals surface area (Å²) in [5.41, 5.74) is 0.884. The van der Waals surface area contributed by atoms with E-state index < -0.39 is 6.04 Å². The Labute approximate surface area is 142 Å². The maximum absolute atomic E-state index is 12.6. The fraction of sp³-hybridized carbons (Fsp3) is 0.579. The molecule has 1 saturated heterocycles. The molecule has 1 aliphatic heterocycles. The standard InChI is InChI=1S/C19H25NO4/c1-23-16-9-4-6-14(12-16)13-24-19(22)17-10-5-11-20(17)18(21)15-7-2-3-8-15/h4,6,9,12,15,17H,2-3,5,7-8,10-11,13H2,1H3. The quantitative estimate of drug-likeness (QED) is 0.779. The van der Waals surface area contributed by atoms with Gasteiger partial charge in [0, 0.05) is 12.5 Å². The number of rotatable bonds is 5. The van der Waals surface area contributed by atoms with Crippen molar-refractivity contribution < 1.29 is 19.1 Å². The van der Waals surface area contributed by atoms with E-state index in [-0.39, 0.29) is 24.4 Å². The molecular formula is C19H25NO4. The number of amides is 1. The van der Waals surface area contributed by atoms with Crippen molar-refractivity contribution in [3.63, 3.8) is 0 Å². The Bertz CT molecular complexity index is 595. The summed E-state index contributed by atoms with van der Waals surface area (Å²) in [7, 11) is 1.61. The van der Waals surface area contributed by atoms with Crippen molar-refractivity contribution in [2.75, 3.05) is 13.7 Å². The van der Waals surface area contributed by atoms with Gasteiger partial charge in [-0.2, -0.15) is 0 Å². The molecular weight excluding hydrogens is 306 g/mol. The van der Waals surface area contributed by atoms with Crippen LogP contribution in [0.2, 0.25) is 0 Å². The Kier molecular flexibility index (Phi) is 5.38. The van der Waals surface area contributed by atoms with Crippen molar-refractivity contribution in [1.29, 1.82) is 0 Å². The van der Waals surface area contributed by atoms with E-state index in [0.29, 0.717) is 13.0 Å². The zero-order valence-electron chi connectivity index (χ0n) is 14.2. The molecule has 3 rings (SSSR count). The molecule has 1 unspecified atom stereocenters. The fourth-order valence-electron chi connectivity index (χ4n) is 3.70. The topological polar surface area (TPSA) is 55.8 Å². The first-order chi connectivity index (χ1) is 11.7. The molecule has 1 aromatic carbocycles. The van der Waals surface area contributed by atoms with Crippen LogP contribution in [0.5, 0.6) is 5.75 Å². The third-order valence-electron chi connectivity index (χ3n) is 5.03. The Morgan fingerprint density at radius 1 is 1.17 bits per heavy atom. The predicted octanol–water partition coefficient (Wildman–Crippen LogP) is 2.92. The summed E-state index contributed by atoms with van der Waals surface area (Å²) < 4.78 is 10.6. The van der Waals surface area contributed by atoms with Crippen molar-refractivity contribution in [2.24, 2.45) is 5.92 Å². The zero-order valence-corrected chi connectivity index (χ0v) is 14.2. The van der Waals surface area contributed by atoms with Gasteiger partial charge in [-0.05, 0) is 43.4 Å². The number of hydrogen-bond donors (Lipinski definition) is 0. The van der Waals surface area contributed by atoms with Gasteiger partial charge >= 0.3 is 5.97 Å². The molecule has 1 aromatic rings. The first-order valence-corrected chi connectivity index (χ1v) is 8.79. The van der Waals surface area contributed by atoms with Crippen LogP contribution in [0.25, 0.3) is 0 Å². The van der Waals surface area contributed by atoms with Crippen LogP contribution in [-0.2, 0) is 20.9 Å².